The molecule has 0 radical (unpaired) electrons. The molecule has 0 bridgehead atoms. The van der Waals surface area contributed by atoms with Crippen molar-refractivity contribution in [1.29, 1.82) is 0 Å². The van der Waals surface area contributed by atoms with Gasteiger partial charge >= 0.3 is 0 Å². The molecule has 0 amide bonds. The summed E-state index contributed by atoms with van der Waals surface area (Å²) < 4.78 is 15.8. The number of thioether (sulfide) groups is 1. The van der Waals surface area contributed by atoms with Gasteiger partial charge in [0.05, 0.1) is 5.56 Å². The van der Waals surface area contributed by atoms with Gasteiger partial charge in [0, 0.05) is 18.3 Å². The Hall–Kier alpha value is -2.15. The van der Waals surface area contributed by atoms with E-state index in [2.05, 4.69) is 29.1 Å². The Kier molecular flexibility index (Phi) is 4.80. The van der Waals surface area contributed by atoms with Gasteiger partial charge < -0.3 is 4.90 Å². The lowest BCUT2D eigenvalue weighted by Gasteiger charge is -2.25. The van der Waals surface area contributed by atoms with Crippen LogP contribution < -0.4 is 4.90 Å². The van der Waals surface area contributed by atoms with E-state index in [1.54, 1.807) is 22.7 Å². The number of rotatable bonds is 5. The van der Waals surface area contributed by atoms with E-state index in [4.69, 9.17) is 5.10 Å². The zero-order chi connectivity index (χ0) is 18.1. The van der Waals surface area contributed by atoms with Crippen molar-refractivity contribution in [2.24, 2.45) is 0 Å². The van der Waals surface area contributed by atoms with Crippen molar-refractivity contribution in [3.05, 3.63) is 42.2 Å². The van der Waals surface area contributed by atoms with E-state index >= 15 is 0 Å². The Morgan fingerprint density at radius 2 is 2.04 bits per heavy atom. The largest absolute Gasteiger partial charge is 0.355 e. The van der Waals surface area contributed by atoms with Crippen LogP contribution in [0, 0.1) is 5.82 Å². The quantitative estimate of drug-likeness (QED) is 0.677. The molecule has 4 rings (SSSR count). The van der Waals surface area contributed by atoms with Crippen LogP contribution in [0.3, 0.4) is 0 Å². The second-order valence-electron chi connectivity index (χ2n) is 6.62. The predicted molar refractivity (Wildman–Crippen MR) is 104 cm³/mol. The molecule has 0 aliphatic heterocycles. The normalized spacial score (nSPS) is 20.0. The lowest BCUT2D eigenvalue weighted by Crippen LogP contribution is -2.30. The Morgan fingerprint density at radius 3 is 2.85 bits per heavy atom. The Balaban J connectivity index is 1.65. The first-order chi connectivity index (χ1) is 12.7. The minimum absolute atomic E-state index is 0.322. The van der Waals surface area contributed by atoms with Crippen LogP contribution in [0.15, 0.2) is 36.4 Å². The zero-order valence-electron chi connectivity index (χ0n) is 15.0. The fraction of sp³-hybridized carbons (Fsp3) is 0.421. The summed E-state index contributed by atoms with van der Waals surface area (Å²) in [6, 6.07) is 10.9. The third-order valence-corrected chi connectivity index (χ3v) is 6.26. The summed E-state index contributed by atoms with van der Waals surface area (Å²) in [4.78, 5) is 2.24. The highest BCUT2D eigenvalue weighted by molar-refractivity contribution is 7.99. The van der Waals surface area contributed by atoms with Gasteiger partial charge in [0.1, 0.15) is 11.6 Å². The molecule has 1 fully saturated rings. The molecule has 26 heavy (non-hydrogen) atoms. The highest BCUT2D eigenvalue weighted by atomic mass is 32.2. The fourth-order valence-corrected chi connectivity index (χ4v) is 4.75. The average Bonchev–Trinajstić information content (AvgIpc) is 3.28. The Morgan fingerprint density at radius 1 is 1.19 bits per heavy atom. The number of hydrogen-bond donors (Lipinski definition) is 0. The minimum Gasteiger partial charge on any atom is -0.355 e. The van der Waals surface area contributed by atoms with Crippen molar-refractivity contribution >= 4 is 23.2 Å². The lowest BCUT2D eigenvalue weighted by atomic mass is 10.2. The highest BCUT2D eigenvalue weighted by Gasteiger charge is 2.28. The number of nitrogens with zero attached hydrogens (tertiary/aromatic N) is 5. The van der Waals surface area contributed by atoms with Crippen molar-refractivity contribution in [2.75, 3.05) is 17.7 Å². The number of aromatic nitrogens is 4. The van der Waals surface area contributed by atoms with Crippen molar-refractivity contribution < 1.29 is 4.39 Å². The molecule has 136 valence electrons. The Labute approximate surface area is 156 Å². The minimum atomic E-state index is -0.322. The summed E-state index contributed by atoms with van der Waals surface area (Å²) >= 11 is 2.05. The van der Waals surface area contributed by atoms with Crippen LogP contribution in [-0.2, 0) is 0 Å². The average molecular weight is 371 g/mol. The predicted octanol–water partition coefficient (Wildman–Crippen LogP) is 4.04. The lowest BCUT2D eigenvalue weighted by molar-refractivity contribution is 0.628. The molecule has 0 spiro atoms. The third-order valence-electron chi connectivity index (χ3n) is 5.03. The molecule has 5 nitrogen and oxygen atoms in total. The van der Waals surface area contributed by atoms with Crippen LogP contribution in [0.2, 0.25) is 0 Å². The van der Waals surface area contributed by atoms with Crippen molar-refractivity contribution in [2.45, 2.75) is 37.5 Å². The third kappa shape index (κ3) is 3.16. The molecule has 2 unspecified atom stereocenters. The van der Waals surface area contributed by atoms with Crippen molar-refractivity contribution in [3.8, 4) is 11.4 Å². The van der Waals surface area contributed by atoms with Gasteiger partial charge in [-0.3, -0.25) is 0 Å². The van der Waals surface area contributed by atoms with Crippen LogP contribution in [-0.4, -0.2) is 43.9 Å². The number of benzene rings is 1. The maximum Gasteiger partial charge on any atom is 0.188 e. The number of halogens is 1. The number of fused-ring (bicyclic) bond motifs is 1. The molecule has 2 aromatic heterocycles. The first kappa shape index (κ1) is 17.3. The summed E-state index contributed by atoms with van der Waals surface area (Å²) in [5.74, 6) is 2.14. The Bertz CT molecular complexity index is 912. The monoisotopic (exact) mass is 371 g/mol. The second kappa shape index (κ2) is 7.23. The molecule has 1 aliphatic rings. The van der Waals surface area contributed by atoms with Gasteiger partial charge in [0.2, 0.25) is 0 Å². The molecule has 0 N–H and O–H groups in total. The van der Waals surface area contributed by atoms with Crippen molar-refractivity contribution in [3.63, 3.8) is 0 Å². The van der Waals surface area contributed by atoms with Gasteiger partial charge in [0.15, 0.2) is 11.5 Å². The van der Waals surface area contributed by atoms with Gasteiger partial charge in [-0.15, -0.1) is 15.3 Å². The molecule has 3 aromatic rings. The van der Waals surface area contributed by atoms with Gasteiger partial charge in [-0.2, -0.15) is 16.3 Å². The summed E-state index contributed by atoms with van der Waals surface area (Å²) in [5.41, 5.74) is 1.03. The van der Waals surface area contributed by atoms with Crippen LogP contribution >= 0.6 is 11.8 Å². The second-order valence-corrected chi connectivity index (χ2v) is 8.20. The maximum absolute atomic E-state index is 14.2. The van der Waals surface area contributed by atoms with E-state index in [1.807, 2.05) is 23.9 Å². The van der Waals surface area contributed by atoms with Gasteiger partial charge in [-0.25, -0.2) is 4.39 Å². The van der Waals surface area contributed by atoms with Crippen LogP contribution in [0.1, 0.15) is 26.2 Å². The van der Waals surface area contributed by atoms with E-state index < -0.39 is 0 Å². The van der Waals surface area contributed by atoms with Gasteiger partial charge in [0.25, 0.3) is 0 Å². The molecule has 1 aromatic carbocycles. The standard InChI is InChI=1S/C19H22FN5S/c1-3-26-14-9-8-13(12-14)24(2)18-11-10-17-21-22-19(25(17)23-18)15-6-4-5-7-16(15)20/h4-7,10-11,13-14H,3,8-9,12H2,1-2H3. The molecule has 2 heterocycles. The van der Waals surface area contributed by atoms with Gasteiger partial charge in [-0.1, -0.05) is 19.1 Å². The van der Waals surface area contributed by atoms with Gasteiger partial charge in [-0.05, 0) is 49.3 Å². The summed E-state index contributed by atoms with van der Waals surface area (Å²) in [7, 11) is 2.09. The molecule has 2 atom stereocenters. The summed E-state index contributed by atoms with van der Waals surface area (Å²) in [6.45, 7) is 2.22. The summed E-state index contributed by atoms with van der Waals surface area (Å²) in [6.07, 6.45) is 3.61. The molecular formula is C19H22FN5S. The SMILES string of the molecule is CCSC1CCC(N(C)c2ccc3nnc(-c4ccccc4F)n3n2)C1. The fourth-order valence-electron chi connectivity index (χ4n) is 3.62. The van der Waals surface area contributed by atoms with E-state index in [9.17, 15) is 4.39 Å². The highest BCUT2D eigenvalue weighted by Crippen LogP contribution is 2.33. The zero-order valence-corrected chi connectivity index (χ0v) is 15.8. The molecular weight excluding hydrogens is 349 g/mol. The van der Waals surface area contributed by atoms with E-state index in [0.29, 0.717) is 23.1 Å². The molecule has 0 saturated heterocycles. The number of hydrogen-bond acceptors (Lipinski definition) is 5. The summed E-state index contributed by atoms with van der Waals surface area (Å²) in [5, 5.41) is 13.7. The first-order valence-corrected chi connectivity index (χ1v) is 10.0. The molecule has 1 saturated carbocycles. The molecule has 1 aliphatic carbocycles. The number of anilines is 1. The first-order valence-electron chi connectivity index (χ1n) is 8.99. The van der Waals surface area contributed by atoms with Crippen LogP contribution in [0.4, 0.5) is 10.2 Å². The van der Waals surface area contributed by atoms with E-state index in [-0.39, 0.29) is 5.82 Å². The van der Waals surface area contributed by atoms with Crippen LogP contribution in [0.25, 0.3) is 17.0 Å². The smallest absolute Gasteiger partial charge is 0.188 e. The molecule has 7 heteroatoms. The maximum atomic E-state index is 14.2. The van der Waals surface area contributed by atoms with Crippen molar-refractivity contribution in [1.82, 2.24) is 19.8 Å². The van der Waals surface area contributed by atoms with Crippen LogP contribution in [0.5, 0.6) is 0 Å². The van der Waals surface area contributed by atoms with E-state index in [0.717, 1.165) is 16.8 Å². The van der Waals surface area contributed by atoms with E-state index in [1.165, 1.54) is 25.3 Å². The topological polar surface area (TPSA) is 46.3 Å².